The summed E-state index contributed by atoms with van der Waals surface area (Å²) in [6.07, 6.45) is -2.47. The molecule has 0 unspecified atom stereocenters. The standard InChI is InChI=1S/C20H17F4N3O2/c1-3-4-12-5-6-13(9-15(12)21)19-26-16(11-28)18(20(22,23)24)27(19)14-7-8-17(29-2)25-10-14/h5-11H,3-4H2,1-2H3. The minimum absolute atomic E-state index is 0.00627. The zero-order valence-electron chi connectivity index (χ0n) is 15.6. The van der Waals surface area contributed by atoms with Crippen LogP contribution in [0.25, 0.3) is 17.1 Å². The van der Waals surface area contributed by atoms with Gasteiger partial charge in [-0.15, -0.1) is 0 Å². The van der Waals surface area contributed by atoms with Crippen molar-refractivity contribution in [2.75, 3.05) is 7.11 Å². The van der Waals surface area contributed by atoms with Crippen molar-refractivity contribution in [1.29, 1.82) is 0 Å². The molecule has 0 aliphatic rings. The Bertz CT molecular complexity index is 1030. The number of methoxy groups -OCH3 is 1. The van der Waals surface area contributed by atoms with E-state index in [-0.39, 0.29) is 29.2 Å². The number of benzene rings is 1. The molecule has 0 saturated heterocycles. The van der Waals surface area contributed by atoms with E-state index in [9.17, 15) is 22.4 Å². The summed E-state index contributed by atoms with van der Waals surface area (Å²) in [5, 5.41) is 0. The van der Waals surface area contributed by atoms with Crippen LogP contribution >= 0.6 is 0 Å². The molecule has 3 aromatic rings. The van der Waals surface area contributed by atoms with Crippen LogP contribution < -0.4 is 4.74 Å². The average molecular weight is 407 g/mol. The van der Waals surface area contributed by atoms with Crippen LogP contribution in [0, 0.1) is 5.82 Å². The van der Waals surface area contributed by atoms with Gasteiger partial charge in [0.15, 0.2) is 12.0 Å². The number of hydrogen-bond acceptors (Lipinski definition) is 4. The minimum atomic E-state index is -4.87. The number of aryl methyl sites for hydroxylation is 1. The molecular weight excluding hydrogens is 390 g/mol. The van der Waals surface area contributed by atoms with Crippen molar-refractivity contribution in [1.82, 2.24) is 14.5 Å². The fraction of sp³-hybridized carbons (Fsp3) is 0.250. The lowest BCUT2D eigenvalue weighted by Gasteiger charge is -2.15. The van der Waals surface area contributed by atoms with E-state index in [1.165, 1.54) is 31.4 Å². The summed E-state index contributed by atoms with van der Waals surface area (Å²) in [6.45, 7) is 1.89. The first-order valence-corrected chi connectivity index (χ1v) is 8.74. The smallest absolute Gasteiger partial charge is 0.434 e. The maximum Gasteiger partial charge on any atom is 0.434 e. The highest BCUT2D eigenvalue weighted by molar-refractivity contribution is 5.77. The van der Waals surface area contributed by atoms with Gasteiger partial charge in [0.2, 0.25) is 5.88 Å². The Hall–Kier alpha value is -3.23. The van der Waals surface area contributed by atoms with E-state index < -0.39 is 23.4 Å². The number of alkyl halides is 3. The van der Waals surface area contributed by atoms with Crippen molar-refractivity contribution in [2.24, 2.45) is 0 Å². The van der Waals surface area contributed by atoms with Gasteiger partial charge in [0, 0.05) is 11.6 Å². The third-order valence-corrected chi connectivity index (χ3v) is 4.30. The van der Waals surface area contributed by atoms with Crippen LogP contribution in [0.1, 0.15) is 35.1 Å². The number of aromatic nitrogens is 3. The Labute approximate surface area is 164 Å². The Balaban J connectivity index is 2.27. The fourth-order valence-corrected chi connectivity index (χ4v) is 3.02. The number of hydrogen-bond donors (Lipinski definition) is 0. The van der Waals surface area contributed by atoms with E-state index in [1.54, 1.807) is 0 Å². The third-order valence-electron chi connectivity index (χ3n) is 4.30. The van der Waals surface area contributed by atoms with Gasteiger partial charge in [-0.2, -0.15) is 13.2 Å². The summed E-state index contributed by atoms with van der Waals surface area (Å²) in [6, 6.07) is 6.84. The first-order chi connectivity index (χ1) is 13.8. The summed E-state index contributed by atoms with van der Waals surface area (Å²) >= 11 is 0. The van der Waals surface area contributed by atoms with Crippen molar-refractivity contribution < 1.29 is 27.1 Å². The molecule has 0 aliphatic carbocycles. The summed E-state index contributed by atoms with van der Waals surface area (Å²) in [4.78, 5) is 19.1. The number of carbonyl (C=O) groups is 1. The van der Waals surface area contributed by atoms with Gasteiger partial charge in [0.05, 0.1) is 19.0 Å². The number of nitrogens with zero attached hydrogens (tertiary/aromatic N) is 3. The van der Waals surface area contributed by atoms with Crippen LogP contribution in [0.3, 0.4) is 0 Å². The lowest BCUT2D eigenvalue weighted by Crippen LogP contribution is -2.15. The monoisotopic (exact) mass is 407 g/mol. The second-order valence-corrected chi connectivity index (χ2v) is 6.24. The van der Waals surface area contributed by atoms with E-state index in [4.69, 9.17) is 4.74 Å². The van der Waals surface area contributed by atoms with E-state index in [1.807, 2.05) is 6.92 Å². The molecule has 1 aromatic carbocycles. The molecule has 0 radical (unpaired) electrons. The number of halogens is 4. The second-order valence-electron chi connectivity index (χ2n) is 6.24. The van der Waals surface area contributed by atoms with Gasteiger partial charge < -0.3 is 4.74 Å². The highest BCUT2D eigenvalue weighted by atomic mass is 19.4. The molecule has 5 nitrogen and oxygen atoms in total. The maximum atomic E-state index is 14.4. The van der Waals surface area contributed by atoms with Gasteiger partial charge in [-0.25, -0.2) is 14.4 Å². The molecular formula is C20H17F4N3O2. The Morgan fingerprint density at radius 2 is 1.97 bits per heavy atom. The number of pyridine rings is 1. The molecule has 2 heterocycles. The van der Waals surface area contributed by atoms with Gasteiger partial charge in [-0.1, -0.05) is 25.5 Å². The number of imidazole rings is 1. The molecule has 0 fully saturated rings. The van der Waals surface area contributed by atoms with Crippen LogP contribution in [-0.4, -0.2) is 27.9 Å². The minimum Gasteiger partial charge on any atom is -0.481 e. The number of ether oxygens (including phenoxy) is 1. The van der Waals surface area contributed by atoms with Gasteiger partial charge in [0.25, 0.3) is 0 Å². The average Bonchev–Trinajstić information content (AvgIpc) is 3.10. The summed E-state index contributed by atoms with van der Waals surface area (Å²) < 4.78 is 61.4. The van der Waals surface area contributed by atoms with Crippen molar-refractivity contribution in [3.05, 3.63) is 59.3 Å². The third kappa shape index (κ3) is 3.98. The Morgan fingerprint density at radius 1 is 1.21 bits per heavy atom. The molecule has 0 N–H and O–H groups in total. The van der Waals surface area contributed by atoms with Crippen molar-refractivity contribution in [2.45, 2.75) is 25.9 Å². The molecule has 0 atom stereocenters. The first kappa shape index (κ1) is 20.5. The zero-order valence-corrected chi connectivity index (χ0v) is 15.6. The predicted molar refractivity (Wildman–Crippen MR) is 97.7 cm³/mol. The van der Waals surface area contributed by atoms with Crippen LogP contribution in [-0.2, 0) is 12.6 Å². The SMILES string of the molecule is CCCc1ccc(-c2nc(C=O)c(C(F)(F)F)n2-c2ccc(OC)nc2)cc1F. The molecule has 0 saturated carbocycles. The highest BCUT2D eigenvalue weighted by Gasteiger charge is 2.40. The quantitative estimate of drug-likeness (QED) is 0.432. The molecule has 0 amide bonds. The lowest BCUT2D eigenvalue weighted by molar-refractivity contribution is -0.142. The van der Waals surface area contributed by atoms with E-state index in [0.717, 1.165) is 23.3 Å². The van der Waals surface area contributed by atoms with Crippen LogP contribution in [0.4, 0.5) is 17.6 Å². The number of carbonyl (C=O) groups excluding carboxylic acids is 1. The highest BCUT2D eigenvalue weighted by Crippen LogP contribution is 2.37. The Kier molecular flexibility index (Phi) is 5.67. The molecule has 0 spiro atoms. The Morgan fingerprint density at radius 3 is 2.48 bits per heavy atom. The van der Waals surface area contributed by atoms with Crippen molar-refractivity contribution >= 4 is 6.29 Å². The normalized spacial score (nSPS) is 11.5. The largest absolute Gasteiger partial charge is 0.481 e. The second kappa shape index (κ2) is 8.02. The van der Waals surface area contributed by atoms with E-state index in [0.29, 0.717) is 12.0 Å². The van der Waals surface area contributed by atoms with E-state index in [2.05, 4.69) is 9.97 Å². The maximum absolute atomic E-state index is 14.4. The summed E-state index contributed by atoms with van der Waals surface area (Å²) in [7, 11) is 1.37. The van der Waals surface area contributed by atoms with Gasteiger partial charge >= 0.3 is 6.18 Å². The first-order valence-electron chi connectivity index (χ1n) is 8.74. The van der Waals surface area contributed by atoms with Gasteiger partial charge in [-0.3, -0.25) is 9.36 Å². The molecule has 0 bridgehead atoms. The van der Waals surface area contributed by atoms with Crippen molar-refractivity contribution in [3.8, 4) is 23.0 Å². The fourth-order valence-electron chi connectivity index (χ4n) is 3.02. The summed E-state index contributed by atoms with van der Waals surface area (Å²) in [5.74, 6) is -0.559. The molecule has 9 heteroatoms. The van der Waals surface area contributed by atoms with Gasteiger partial charge in [0.1, 0.15) is 17.3 Å². The van der Waals surface area contributed by atoms with Crippen molar-refractivity contribution in [3.63, 3.8) is 0 Å². The molecule has 2 aromatic heterocycles. The number of aldehydes is 1. The number of rotatable bonds is 6. The topological polar surface area (TPSA) is 57.0 Å². The molecule has 3 rings (SSSR count). The van der Waals surface area contributed by atoms with Crippen LogP contribution in [0.2, 0.25) is 0 Å². The lowest BCUT2D eigenvalue weighted by atomic mass is 10.1. The molecule has 152 valence electrons. The van der Waals surface area contributed by atoms with Crippen LogP contribution in [0.15, 0.2) is 36.5 Å². The molecule has 29 heavy (non-hydrogen) atoms. The van der Waals surface area contributed by atoms with Crippen LogP contribution in [0.5, 0.6) is 5.88 Å². The van der Waals surface area contributed by atoms with E-state index >= 15 is 0 Å². The predicted octanol–water partition coefficient (Wildman–Crippen LogP) is 4.87. The summed E-state index contributed by atoms with van der Waals surface area (Å²) in [5.41, 5.74) is -1.48. The van der Waals surface area contributed by atoms with Gasteiger partial charge in [-0.05, 0) is 24.1 Å². The zero-order chi connectivity index (χ0) is 21.2. The molecule has 0 aliphatic heterocycles.